The zero-order valence-corrected chi connectivity index (χ0v) is 11.0. The molecule has 20 heavy (non-hydrogen) atoms. The highest BCUT2D eigenvalue weighted by molar-refractivity contribution is 9.10. The van der Waals surface area contributed by atoms with E-state index in [4.69, 9.17) is 5.26 Å². The summed E-state index contributed by atoms with van der Waals surface area (Å²) in [6.45, 7) is 0. The number of hydrogen-bond acceptors (Lipinski definition) is 5. The number of nitrogens with one attached hydrogen (secondary N) is 2. The second kappa shape index (κ2) is 5.70. The lowest BCUT2D eigenvalue weighted by molar-refractivity contribution is 0.492. The second-order valence-electron chi connectivity index (χ2n) is 3.39. The molecule has 0 unspecified atom stereocenters. The second-order valence-corrected chi connectivity index (χ2v) is 4.19. The van der Waals surface area contributed by atoms with E-state index < -0.39 is 21.9 Å². The number of hydrogen-bond donors (Lipinski definition) is 2. The number of allylic oxidation sites excluding steroid dienone is 1. The zero-order chi connectivity index (χ0) is 14.7. The minimum absolute atomic E-state index is 0.0286. The molecule has 0 atom stereocenters. The third-order valence-electron chi connectivity index (χ3n) is 2.18. The Hall–Kier alpha value is -2.41. The van der Waals surface area contributed by atoms with Crippen LogP contribution in [0.2, 0.25) is 0 Å². The first-order chi connectivity index (χ1) is 9.54. The van der Waals surface area contributed by atoms with E-state index in [-0.39, 0.29) is 17.1 Å². The first-order valence-corrected chi connectivity index (χ1v) is 5.77. The SMILES string of the molecule is N#CC(=CNc1c(F)cc(F)c(F)c1Br)c1nn[nH]n1. The normalized spacial score (nSPS) is 11.2. The van der Waals surface area contributed by atoms with Gasteiger partial charge in [0.1, 0.15) is 11.6 Å². The summed E-state index contributed by atoms with van der Waals surface area (Å²) in [5.74, 6) is -3.64. The van der Waals surface area contributed by atoms with Gasteiger partial charge in [0, 0.05) is 12.3 Å². The number of H-pyrrole nitrogens is 1. The van der Waals surface area contributed by atoms with Gasteiger partial charge in [-0.15, -0.1) is 10.2 Å². The lowest BCUT2D eigenvalue weighted by Crippen LogP contribution is -2.00. The maximum atomic E-state index is 13.5. The number of benzene rings is 1. The smallest absolute Gasteiger partial charge is 0.216 e. The summed E-state index contributed by atoms with van der Waals surface area (Å²) in [6.07, 6.45) is 1.05. The average molecular weight is 345 g/mol. The lowest BCUT2D eigenvalue weighted by atomic mass is 10.2. The van der Waals surface area contributed by atoms with Crippen LogP contribution in [0.4, 0.5) is 18.9 Å². The lowest BCUT2D eigenvalue weighted by Gasteiger charge is -2.07. The first-order valence-electron chi connectivity index (χ1n) is 4.98. The summed E-state index contributed by atoms with van der Waals surface area (Å²) < 4.78 is 39.3. The highest BCUT2D eigenvalue weighted by atomic mass is 79.9. The standard InChI is InChI=1S/C10H4BrF3N6/c11-7-8(14)5(12)1-6(13)9(7)16-3-4(2-15)10-17-19-20-18-10/h1,3,16H,(H,17,18,19,20). The highest BCUT2D eigenvalue weighted by Crippen LogP contribution is 2.30. The molecule has 0 radical (unpaired) electrons. The largest absolute Gasteiger partial charge is 0.357 e. The maximum Gasteiger partial charge on any atom is 0.216 e. The van der Waals surface area contributed by atoms with Crippen molar-refractivity contribution in [3.05, 3.63) is 40.0 Å². The molecule has 0 fully saturated rings. The molecule has 0 spiro atoms. The Morgan fingerprint density at radius 2 is 2.15 bits per heavy atom. The summed E-state index contributed by atoms with van der Waals surface area (Å²) >= 11 is 2.72. The van der Waals surface area contributed by atoms with Gasteiger partial charge in [0.25, 0.3) is 0 Å². The Balaban J connectivity index is 2.36. The van der Waals surface area contributed by atoms with Gasteiger partial charge >= 0.3 is 0 Å². The fourth-order valence-corrected chi connectivity index (χ4v) is 1.76. The van der Waals surface area contributed by atoms with Crippen LogP contribution >= 0.6 is 15.9 Å². The van der Waals surface area contributed by atoms with Crippen molar-refractivity contribution >= 4 is 27.2 Å². The monoisotopic (exact) mass is 344 g/mol. The molecule has 0 aliphatic rings. The van der Waals surface area contributed by atoms with Gasteiger partial charge < -0.3 is 5.32 Å². The van der Waals surface area contributed by atoms with Gasteiger partial charge in [0.2, 0.25) is 5.82 Å². The summed E-state index contributed by atoms with van der Waals surface area (Å²) in [5, 5.41) is 23.8. The van der Waals surface area contributed by atoms with Crippen LogP contribution in [0.25, 0.3) is 5.57 Å². The van der Waals surface area contributed by atoms with E-state index in [1.165, 1.54) is 0 Å². The fourth-order valence-electron chi connectivity index (χ4n) is 1.27. The van der Waals surface area contributed by atoms with Crippen LogP contribution < -0.4 is 5.32 Å². The van der Waals surface area contributed by atoms with Crippen molar-refractivity contribution in [3.63, 3.8) is 0 Å². The molecule has 0 saturated carbocycles. The molecule has 2 N–H and O–H groups in total. The van der Waals surface area contributed by atoms with Crippen LogP contribution in [0, 0.1) is 28.8 Å². The van der Waals surface area contributed by atoms with Crippen LogP contribution in [0.5, 0.6) is 0 Å². The Morgan fingerprint density at radius 3 is 2.75 bits per heavy atom. The van der Waals surface area contributed by atoms with Crippen LogP contribution in [0.1, 0.15) is 5.82 Å². The van der Waals surface area contributed by atoms with Gasteiger partial charge in [-0.25, -0.2) is 13.2 Å². The van der Waals surface area contributed by atoms with Crippen molar-refractivity contribution in [3.8, 4) is 6.07 Å². The molecular formula is C10H4BrF3N6. The number of aromatic amines is 1. The molecule has 10 heteroatoms. The molecule has 2 rings (SSSR count). The molecule has 0 aliphatic carbocycles. The predicted molar refractivity (Wildman–Crippen MR) is 65.4 cm³/mol. The van der Waals surface area contributed by atoms with Crippen molar-refractivity contribution in [1.82, 2.24) is 20.6 Å². The number of aromatic nitrogens is 4. The Kier molecular flexibility index (Phi) is 3.99. The van der Waals surface area contributed by atoms with Crippen molar-refractivity contribution < 1.29 is 13.2 Å². The molecule has 6 nitrogen and oxygen atoms in total. The van der Waals surface area contributed by atoms with Gasteiger partial charge in [0.05, 0.1) is 10.2 Å². The van der Waals surface area contributed by atoms with Gasteiger partial charge in [-0.3, -0.25) is 0 Å². The molecular weight excluding hydrogens is 341 g/mol. The number of rotatable bonds is 3. The number of nitriles is 1. The molecule has 1 aromatic carbocycles. The van der Waals surface area contributed by atoms with Gasteiger partial charge in [-0.1, -0.05) is 0 Å². The van der Waals surface area contributed by atoms with E-state index in [1.807, 2.05) is 0 Å². The summed E-state index contributed by atoms with van der Waals surface area (Å²) in [6, 6.07) is 2.13. The van der Waals surface area contributed by atoms with Crippen molar-refractivity contribution in [2.24, 2.45) is 0 Å². The Bertz CT molecular complexity index is 707. The van der Waals surface area contributed by atoms with Gasteiger partial charge in [-0.05, 0) is 21.1 Å². The molecule has 2 aromatic rings. The van der Waals surface area contributed by atoms with Crippen molar-refractivity contribution in [2.45, 2.75) is 0 Å². The fraction of sp³-hybridized carbons (Fsp3) is 0. The topological polar surface area (TPSA) is 90.3 Å². The van der Waals surface area contributed by atoms with Crippen LogP contribution in [0.15, 0.2) is 16.7 Å². The van der Waals surface area contributed by atoms with Crippen molar-refractivity contribution in [2.75, 3.05) is 5.32 Å². The quantitative estimate of drug-likeness (QED) is 0.506. The van der Waals surface area contributed by atoms with Gasteiger partial charge in [-0.2, -0.15) is 10.5 Å². The summed E-state index contributed by atoms with van der Waals surface area (Å²) in [4.78, 5) is 0. The third kappa shape index (κ3) is 2.62. The van der Waals surface area contributed by atoms with E-state index >= 15 is 0 Å². The van der Waals surface area contributed by atoms with Crippen LogP contribution in [-0.2, 0) is 0 Å². The molecule has 0 bridgehead atoms. The van der Waals surface area contributed by atoms with E-state index in [2.05, 4.69) is 41.9 Å². The van der Waals surface area contributed by atoms with E-state index in [0.29, 0.717) is 6.07 Å². The van der Waals surface area contributed by atoms with E-state index in [0.717, 1.165) is 6.20 Å². The number of halogens is 4. The summed E-state index contributed by atoms with van der Waals surface area (Å²) in [5.41, 5.74) is -0.435. The number of tetrazole rings is 1. The minimum atomic E-state index is -1.33. The molecule has 0 amide bonds. The highest BCUT2D eigenvalue weighted by Gasteiger charge is 2.16. The molecule has 0 saturated heterocycles. The first kappa shape index (κ1) is 14.0. The number of nitrogens with zero attached hydrogens (tertiary/aromatic N) is 4. The van der Waals surface area contributed by atoms with E-state index in [9.17, 15) is 13.2 Å². The zero-order valence-electron chi connectivity index (χ0n) is 9.46. The Morgan fingerprint density at radius 1 is 1.40 bits per heavy atom. The molecule has 1 aromatic heterocycles. The predicted octanol–water partition coefficient (Wildman–Crippen LogP) is 2.36. The summed E-state index contributed by atoms with van der Waals surface area (Å²) in [7, 11) is 0. The average Bonchev–Trinajstić information content (AvgIpc) is 2.94. The molecule has 1 heterocycles. The molecule has 0 aliphatic heterocycles. The third-order valence-corrected chi connectivity index (χ3v) is 2.93. The number of anilines is 1. The van der Waals surface area contributed by atoms with Crippen LogP contribution in [0.3, 0.4) is 0 Å². The van der Waals surface area contributed by atoms with Crippen LogP contribution in [-0.4, -0.2) is 20.6 Å². The van der Waals surface area contributed by atoms with Crippen molar-refractivity contribution in [1.29, 1.82) is 5.26 Å². The van der Waals surface area contributed by atoms with Gasteiger partial charge in [0.15, 0.2) is 17.5 Å². The van der Waals surface area contributed by atoms with E-state index in [1.54, 1.807) is 6.07 Å². The maximum absolute atomic E-state index is 13.5. The Labute approximate surface area is 118 Å². The minimum Gasteiger partial charge on any atom is -0.357 e. The molecule has 102 valence electrons.